The molecule has 0 aliphatic carbocycles. The fraction of sp³-hybridized carbons (Fsp3) is 0.267. The number of para-hydroxylation sites is 1. The van der Waals surface area contributed by atoms with Gasteiger partial charge in [-0.3, -0.25) is 0 Å². The molecular formula is C15H14ClNOS. The Hall–Kier alpha value is -1.32. The van der Waals surface area contributed by atoms with Gasteiger partial charge in [-0.05, 0) is 30.7 Å². The predicted molar refractivity (Wildman–Crippen MR) is 80.0 cm³/mol. The smallest absolute Gasteiger partial charge is 0.103 e. The molecule has 1 aromatic carbocycles. The largest absolute Gasteiger partial charge is 0.469 e. The second-order valence-corrected chi connectivity index (χ2v) is 6.23. The summed E-state index contributed by atoms with van der Waals surface area (Å²) in [7, 11) is 0. The first kappa shape index (κ1) is 12.7. The number of fused-ring (bicyclic) bond motifs is 1. The number of halogens is 1. The van der Waals surface area contributed by atoms with Crippen LogP contribution in [0.25, 0.3) is 10.2 Å². The van der Waals surface area contributed by atoms with Crippen LogP contribution in [0.15, 0.2) is 47.1 Å². The summed E-state index contributed by atoms with van der Waals surface area (Å²) in [5.74, 6) is 0.995. The lowest BCUT2D eigenvalue weighted by Crippen LogP contribution is -2.04. The maximum atomic E-state index is 6.38. The highest BCUT2D eigenvalue weighted by Crippen LogP contribution is 2.24. The molecule has 2 aromatic heterocycles. The van der Waals surface area contributed by atoms with Gasteiger partial charge in [0, 0.05) is 18.2 Å². The van der Waals surface area contributed by atoms with Crippen LogP contribution in [0.1, 0.15) is 17.2 Å². The molecule has 3 aromatic rings. The molecule has 0 bridgehead atoms. The number of furan rings is 1. The van der Waals surface area contributed by atoms with Crippen LogP contribution in [-0.4, -0.2) is 10.4 Å². The fourth-order valence-corrected chi connectivity index (χ4v) is 3.45. The lowest BCUT2D eigenvalue weighted by molar-refractivity contribution is 0.499. The van der Waals surface area contributed by atoms with Gasteiger partial charge in [0.1, 0.15) is 5.76 Å². The highest BCUT2D eigenvalue weighted by atomic mass is 35.5. The minimum Gasteiger partial charge on any atom is -0.469 e. The number of hydrogen-bond donors (Lipinski definition) is 0. The van der Waals surface area contributed by atoms with E-state index >= 15 is 0 Å². The number of nitrogens with zero attached hydrogens (tertiary/aromatic N) is 1. The van der Waals surface area contributed by atoms with E-state index in [2.05, 4.69) is 11.1 Å². The van der Waals surface area contributed by atoms with Gasteiger partial charge in [0.15, 0.2) is 0 Å². The molecule has 0 fully saturated rings. The Morgan fingerprint density at radius 2 is 2.11 bits per heavy atom. The molecule has 0 saturated heterocycles. The van der Waals surface area contributed by atoms with Gasteiger partial charge in [-0.2, -0.15) is 0 Å². The van der Waals surface area contributed by atoms with Crippen molar-refractivity contribution in [1.82, 2.24) is 4.98 Å². The van der Waals surface area contributed by atoms with E-state index in [4.69, 9.17) is 16.0 Å². The van der Waals surface area contributed by atoms with Crippen LogP contribution >= 0.6 is 22.9 Å². The number of hydrogen-bond acceptors (Lipinski definition) is 3. The zero-order valence-corrected chi connectivity index (χ0v) is 12.0. The van der Waals surface area contributed by atoms with Crippen LogP contribution in [0.3, 0.4) is 0 Å². The topological polar surface area (TPSA) is 26.0 Å². The van der Waals surface area contributed by atoms with Crippen LogP contribution in [0, 0.1) is 0 Å². The van der Waals surface area contributed by atoms with E-state index in [9.17, 15) is 0 Å². The van der Waals surface area contributed by atoms with E-state index in [0.717, 1.165) is 35.5 Å². The molecule has 0 amide bonds. The second-order valence-electron chi connectivity index (χ2n) is 4.49. The van der Waals surface area contributed by atoms with E-state index in [1.54, 1.807) is 17.6 Å². The highest BCUT2D eigenvalue weighted by Gasteiger charge is 2.11. The van der Waals surface area contributed by atoms with E-state index in [1.807, 2.05) is 30.3 Å². The van der Waals surface area contributed by atoms with Crippen molar-refractivity contribution in [2.45, 2.75) is 24.6 Å². The Morgan fingerprint density at radius 3 is 2.89 bits per heavy atom. The third-order valence-corrected chi connectivity index (χ3v) is 4.45. The van der Waals surface area contributed by atoms with Crippen molar-refractivity contribution in [2.75, 3.05) is 0 Å². The molecule has 0 aliphatic heterocycles. The molecule has 19 heavy (non-hydrogen) atoms. The molecule has 4 heteroatoms. The first-order chi connectivity index (χ1) is 9.31. The Labute approximate surface area is 121 Å². The standard InChI is InChI=1S/C15H14ClNOS/c16-11(7-8-12-4-3-9-18-12)10-15-17-13-5-1-2-6-14(13)19-15/h1-6,9,11H,7-8,10H2. The number of aromatic nitrogens is 1. The minimum absolute atomic E-state index is 0.102. The van der Waals surface area contributed by atoms with Gasteiger partial charge >= 0.3 is 0 Å². The van der Waals surface area contributed by atoms with Crippen LogP contribution in [0.2, 0.25) is 0 Å². The van der Waals surface area contributed by atoms with Gasteiger partial charge in [0.25, 0.3) is 0 Å². The zero-order chi connectivity index (χ0) is 13.1. The summed E-state index contributed by atoms with van der Waals surface area (Å²) < 4.78 is 6.54. The van der Waals surface area contributed by atoms with E-state index in [0.29, 0.717) is 0 Å². The Bertz CT molecular complexity index is 614. The summed E-state index contributed by atoms with van der Waals surface area (Å²) in [6, 6.07) is 12.1. The third kappa shape index (κ3) is 3.17. The van der Waals surface area contributed by atoms with Gasteiger partial charge in [-0.25, -0.2) is 4.98 Å². The van der Waals surface area contributed by atoms with Crippen LogP contribution in [0.5, 0.6) is 0 Å². The molecule has 0 radical (unpaired) electrons. The molecule has 3 rings (SSSR count). The quantitative estimate of drug-likeness (QED) is 0.638. The van der Waals surface area contributed by atoms with Gasteiger partial charge in [0.05, 0.1) is 21.5 Å². The minimum atomic E-state index is 0.102. The molecule has 1 unspecified atom stereocenters. The predicted octanol–water partition coefficient (Wildman–Crippen LogP) is 4.67. The Morgan fingerprint density at radius 1 is 1.21 bits per heavy atom. The summed E-state index contributed by atoms with van der Waals surface area (Å²) >= 11 is 8.11. The molecule has 2 heterocycles. The normalized spacial score (nSPS) is 12.9. The highest BCUT2D eigenvalue weighted by molar-refractivity contribution is 7.18. The molecule has 0 N–H and O–H groups in total. The number of benzene rings is 1. The molecule has 2 nitrogen and oxygen atoms in total. The summed E-state index contributed by atoms with van der Waals surface area (Å²) in [6.07, 6.45) is 4.31. The summed E-state index contributed by atoms with van der Waals surface area (Å²) in [6.45, 7) is 0. The molecule has 1 atom stereocenters. The first-order valence-corrected chi connectivity index (χ1v) is 7.57. The number of thiazole rings is 1. The summed E-state index contributed by atoms with van der Waals surface area (Å²) in [4.78, 5) is 4.61. The second kappa shape index (κ2) is 5.76. The van der Waals surface area contributed by atoms with Gasteiger partial charge < -0.3 is 4.42 Å². The average molecular weight is 292 g/mol. The molecule has 0 aliphatic rings. The van der Waals surface area contributed by atoms with Crippen molar-refractivity contribution in [3.05, 3.63) is 53.4 Å². The van der Waals surface area contributed by atoms with E-state index in [-0.39, 0.29) is 5.38 Å². The molecule has 0 spiro atoms. The maximum Gasteiger partial charge on any atom is 0.103 e. The van der Waals surface area contributed by atoms with Crippen molar-refractivity contribution in [3.8, 4) is 0 Å². The van der Waals surface area contributed by atoms with Gasteiger partial charge in [-0.1, -0.05) is 12.1 Å². The molecular weight excluding hydrogens is 278 g/mol. The maximum absolute atomic E-state index is 6.38. The summed E-state index contributed by atoms with van der Waals surface area (Å²) in [5.41, 5.74) is 1.07. The van der Waals surface area contributed by atoms with Crippen LogP contribution < -0.4 is 0 Å². The van der Waals surface area contributed by atoms with Crippen LogP contribution in [-0.2, 0) is 12.8 Å². The van der Waals surface area contributed by atoms with Crippen molar-refractivity contribution >= 4 is 33.2 Å². The molecule has 98 valence electrons. The lowest BCUT2D eigenvalue weighted by atomic mass is 10.1. The first-order valence-electron chi connectivity index (χ1n) is 6.32. The Kier molecular flexibility index (Phi) is 3.85. The molecule has 0 saturated carbocycles. The van der Waals surface area contributed by atoms with Crippen molar-refractivity contribution in [1.29, 1.82) is 0 Å². The third-order valence-electron chi connectivity index (χ3n) is 3.02. The number of aryl methyl sites for hydroxylation is 1. The van der Waals surface area contributed by atoms with E-state index < -0.39 is 0 Å². The Balaban J connectivity index is 1.60. The lowest BCUT2D eigenvalue weighted by Gasteiger charge is -2.05. The van der Waals surface area contributed by atoms with Crippen molar-refractivity contribution in [3.63, 3.8) is 0 Å². The monoisotopic (exact) mass is 291 g/mol. The number of rotatable bonds is 5. The summed E-state index contributed by atoms with van der Waals surface area (Å²) in [5, 5.41) is 1.21. The number of alkyl halides is 1. The van der Waals surface area contributed by atoms with Crippen molar-refractivity contribution < 1.29 is 4.42 Å². The zero-order valence-electron chi connectivity index (χ0n) is 10.4. The fourth-order valence-electron chi connectivity index (χ4n) is 2.05. The SMILES string of the molecule is ClC(CCc1ccco1)Cc1nc2ccccc2s1. The van der Waals surface area contributed by atoms with E-state index in [1.165, 1.54) is 4.70 Å². The van der Waals surface area contributed by atoms with Crippen LogP contribution in [0.4, 0.5) is 0 Å². The van der Waals surface area contributed by atoms with Gasteiger partial charge in [-0.15, -0.1) is 22.9 Å². The van der Waals surface area contributed by atoms with Gasteiger partial charge in [0.2, 0.25) is 0 Å². The van der Waals surface area contributed by atoms with Crippen molar-refractivity contribution in [2.24, 2.45) is 0 Å². The average Bonchev–Trinajstić information content (AvgIpc) is 3.04.